The molecule has 0 spiro atoms. The standard InChI is InChI=1S/C18H20FN5O/c19-15-5-3-4-14(12-15)16-13-20-7-9-22(16)10-11-24-18(25)23-8-2-1-6-17(23)21-24/h1-6,8,12,16,20H,7,9-11,13H2. The lowest BCUT2D eigenvalue weighted by molar-refractivity contribution is 0.153. The zero-order valence-corrected chi connectivity index (χ0v) is 13.8. The number of pyridine rings is 1. The summed E-state index contributed by atoms with van der Waals surface area (Å²) in [6.45, 7) is 3.69. The Hall–Kier alpha value is -2.51. The molecule has 1 N–H and O–H groups in total. The molecule has 4 rings (SSSR count). The van der Waals surface area contributed by atoms with E-state index in [4.69, 9.17) is 0 Å². The van der Waals surface area contributed by atoms with Gasteiger partial charge >= 0.3 is 5.69 Å². The van der Waals surface area contributed by atoms with Crippen LogP contribution in [0.2, 0.25) is 0 Å². The van der Waals surface area contributed by atoms with Gasteiger partial charge in [-0.25, -0.2) is 13.9 Å². The number of fused-ring (bicyclic) bond motifs is 1. The van der Waals surface area contributed by atoms with Gasteiger partial charge in [-0.1, -0.05) is 18.2 Å². The lowest BCUT2D eigenvalue weighted by Gasteiger charge is -2.36. The van der Waals surface area contributed by atoms with Crippen molar-refractivity contribution in [2.24, 2.45) is 0 Å². The molecule has 3 aromatic rings. The van der Waals surface area contributed by atoms with Gasteiger partial charge in [-0.3, -0.25) is 9.30 Å². The maximum atomic E-state index is 13.6. The molecule has 1 atom stereocenters. The molecule has 1 saturated heterocycles. The van der Waals surface area contributed by atoms with Crippen LogP contribution in [0.4, 0.5) is 4.39 Å². The minimum Gasteiger partial charge on any atom is -0.314 e. The second-order valence-electron chi connectivity index (χ2n) is 6.25. The Morgan fingerprint density at radius 2 is 2.12 bits per heavy atom. The summed E-state index contributed by atoms with van der Waals surface area (Å²) in [6.07, 6.45) is 1.72. The average Bonchev–Trinajstić information content (AvgIpc) is 2.96. The topological polar surface area (TPSA) is 54.6 Å². The van der Waals surface area contributed by atoms with Crippen LogP contribution in [-0.2, 0) is 6.54 Å². The molecule has 7 heteroatoms. The molecule has 1 unspecified atom stereocenters. The molecular formula is C18H20FN5O. The van der Waals surface area contributed by atoms with E-state index in [0.29, 0.717) is 18.7 Å². The van der Waals surface area contributed by atoms with Gasteiger partial charge in [-0.05, 0) is 29.8 Å². The fraction of sp³-hybridized carbons (Fsp3) is 0.333. The number of piperazine rings is 1. The highest BCUT2D eigenvalue weighted by atomic mass is 19.1. The number of benzene rings is 1. The number of hydrogen-bond donors (Lipinski definition) is 1. The van der Waals surface area contributed by atoms with Crippen molar-refractivity contribution in [3.63, 3.8) is 0 Å². The van der Waals surface area contributed by atoms with E-state index in [0.717, 1.165) is 25.2 Å². The van der Waals surface area contributed by atoms with Crippen LogP contribution in [0.1, 0.15) is 11.6 Å². The summed E-state index contributed by atoms with van der Waals surface area (Å²) in [5, 5.41) is 7.73. The van der Waals surface area contributed by atoms with Gasteiger partial charge in [-0.15, -0.1) is 5.10 Å². The summed E-state index contributed by atoms with van der Waals surface area (Å²) in [4.78, 5) is 14.7. The second-order valence-corrected chi connectivity index (χ2v) is 6.25. The molecule has 3 heterocycles. The van der Waals surface area contributed by atoms with E-state index in [9.17, 15) is 9.18 Å². The predicted octanol–water partition coefficient (Wildman–Crippen LogP) is 1.28. The first kappa shape index (κ1) is 16.0. The van der Waals surface area contributed by atoms with Gasteiger partial charge in [0.2, 0.25) is 0 Å². The summed E-state index contributed by atoms with van der Waals surface area (Å²) in [5.74, 6) is -0.223. The Balaban J connectivity index is 1.53. The maximum absolute atomic E-state index is 13.6. The highest BCUT2D eigenvalue weighted by molar-refractivity contribution is 5.35. The molecule has 0 aliphatic carbocycles. The monoisotopic (exact) mass is 341 g/mol. The fourth-order valence-electron chi connectivity index (χ4n) is 3.39. The highest BCUT2D eigenvalue weighted by Crippen LogP contribution is 2.22. The van der Waals surface area contributed by atoms with Crippen LogP contribution >= 0.6 is 0 Å². The van der Waals surface area contributed by atoms with Crippen molar-refractivity contribution in [2.45, 2.75) is 12.6 Å². The Kier molecular flexibility index (Phi) is 4.33. The van der Waals surface area contributed by atoms with E-state index in [-0.39, 0.29) is 17.5 Å². The van der Waals surface area contributed by atoms with Crippen LogP contribution in [0.3, 0.4) is 0 Å². The van der Waals surface area contributed by atoms with Crippen molar-refractivity contribution in [1.29, 1.82) is 0 Å². The van der Waals surface area contributed by atoms with Gasteiger partial charge in [-0.2, -0.15) is 0 Å². The van der Waals surface area contributed by atoms with Gasteiger partial charge in [0, 0.05) is 38.4 Å². The van der Waals surface area contributed by atoms with Crippen LogP contribution in [0.5, 0.6) is 0 Å². The number of halogens is 1. The third-order valence-electron chi connectivity index (χ3n) is 4.68. The summed E-state index contributed by atoms with van der Waals surface area (Å²) < 4.78 is 16.6. The Morgan fingerprint density at radius 1 is 1.20 bits per heavy atom. The van der Waals surface area contributed by atoms with Gasteiger partial charge in [0.05, 0.1) is 6.54 Å². The summed E-state index contributed by atoms with van der Waals surface area (Å²) in [7, 11) is 0. The predicted molar refractivity (Wildman–Crippen MR) is 93.0 cm³/mol. The van der Waals surface area contributed by atoms with Crippen molar-refractivity contribution in [3.8, 4) is 0 Å². The number of nitrogens with one attached hydrogen (secondary N) is 1. The van der Waals surface area contributed by atoms with E-state index in [1.807, 2.05) is 24.3 Å². The molecule has 1 fully saturated rings. The smallest absolute Gasteiger partial charge is 0.314 e. The molecule has 0 bridgehead atoms. The maximum Gasteiger partial charge on any atom is 0.350 e. The van der Waals surface area contributed by atoms with E-state index in [1.54, 1.807) is 22.7 Å². The molecule has 0 saturated carbocycles. The molecule has 1 aliphatic rings. The molecule has 0 amide bonds. The zero-order chi connectivity index (χ0) is 17.2. The third-order valence-corrected chi connectivity index (χ3v) is 4.68. The highest BCUT2D eigenvalue weighted by Gasteiger charge is 2.24. The lowest BCUT2D eigenvalue weighted by atomic mass is 10.0. The van der Waals surface area contributed by atoms with E-state index in [1.165, 1.54) is 10.7 Å². The van der Waals surface area contributed by atoms with Gasteiger partial charge in [0.15, 0.2) is 5.65 Å². The molecule has 25 heavy (non-hydrogen) atoms. The molecule has 2 aromatic heterocycles. The number of rotatable bonds is 4. The molecular weight excluding hydrogens is 321 g/mol. The molecule has 6 nitrogen and oxygen atoms in total. The third kappa shape index (κ3) is 3.20. The molecule has 1 aliphatic heterocycles. The second kappa shape index (κ2) is 6.78. The minimum absolute atomic E-state index is 0.0946. The van der Waals surface area contributed by atoms with Crippen LogP contribution in [0.15, 0.2) is 53.5 Å². The van der Waals surface area contributed by atoms with Gasteiger partial charge in [0.25, 0.3) is 0 Å². The van der Waals surface area contributed by atoms with E-state index in [2.05, 4.69) is 15.3 Å². The van der Waals surface area contributed by atoms with Gasteiger partial charge in [0.1, 0.15) is 5.82 Å². The zero-order valence-electron chi connectivity index (χ0n) is 13.8. The lowest BCUT2D eigenvalue weighted by Crippen LogP contribution is -2.47. The first-order chi connectivity index (χ1) is 12.2. The Bertz CT molecular complexity index is 934. The number of hydrogen-bond acceptors (Lipinski definition) is 4. The van der Waals surface area contributed by atoms with E-state index < -0.39 is 0 Å². The van der Waals surface area contributed by atoms with Crippen molar-refractivity contribution in [1.82, 2.24) is 24.4 Å². The first-order valence-electron chi connectivity index (χ1n) is 8.47. The van der Waals surface area contributed by atoms with Crippen LogP contribution in [-0.4, -0.2) is 45.3 Å². The van der Waals surface area contributed by atoms with E-state index >= 15 is 0 Å². The summed E-state index contributed by atoms with van der Waals surface area (Å²) in [5.41, 5.74) is 1.47. The fourth-order valence-corrected chi connectivity index (χ4v) is 3.39. The first-order valence-corrected chi connectivity index (χ1v) is 8.47. The minimum atomic E-state index is -0.223. The van der Waals surface area contributed by atoms with Crippen LogP contribution in [0.25, 0.3) is 5.65 Å². The van der Waals surface area contributed by atoms with Crippen molar-refractivity contribution in [3.05, 3.63) is 70.5 Å². The molecule has 130 valence electrons. The SMILES string of the molecule is O=c1n(CCN2CCNCC2c2cccc(F)c2)nc2ccccn12. The summed E-state index contributed by atoms with van der Waals surface area (Å²) >= 11 is 0. The van der Waals surface area contributed by atoms with Crippen molar-refractivity contribution >= 4 is 5.65 Å². The Labute approximate surface area is 144 Å². The average molecular weight is 341 g/mol. The van der Waals surface area contributed by atoms with Gasteiger partial charge < -0.3 is 5.32 Å². The van der Waals surface area contributed by atoms with Crippen LogP contribution in [0, 0.1) is 5.82 Å². The Morgan fingerprint density at radius 3 is 2.96 bits per heavy atom. The molecule has 0 radical (unpaired) electrons. The largest absolute Gasteiger partial charge is 0.350 e. The number of aromatic nitrogens is 3. The van der Waals surface area contributed by atoms with Crippen molar-refractivity contribution < 1.29 is 4.39 Å². The normalized spacial score (nSPS) is 18.7. The van der Waals surface area contributed by atoms with Crippen LogP contribution < -0.4 is 11.0 Å². The quantitative estimate of drug-likeness (QED) is 0.777. The van der Waals surface area contributed by atoms with Crippen molar-refractivity contribution in [2.75, 3.05) is 26.2 Å². The summed E-state index contributed by atoms with van der Waals surface area (Å²) in [6, 6.07) is 12.3. The molecule has 1 aromatic carbocycles. The number of nitrogens with zero attached hydrogens (tertiary/aromatic N) is 4.